The SMILES string of the molecule is Cc1cc(C#N)c(Cl)c(C(=O)O)c1. The number of nitrogens with zero attached hydrogens (tertiary/aromatic N) is 1. The summed E-state index contributed by atoms with van der Waals surface area (Å²) >= 11 is 5.67. The molecule has 0 saturated carbocycles. The van der Waals surface area contributed by atoms with Gasteiger partial charge in [-0.15, -0.1) is 0 Å². The number of rotatable bonds is 1. The first-order valence-corrected chi connectivity index (χ1v) is 3.87. The van der Waals surface area contributed by atoms with E-state index in [0.717, 1.165) is 0 Å². The van der Waals surface area contributed by atoms with Crippen molar-refractivity contribution >= 4 is 17.6 Å². The van der Waals surface area contributed by atoms with Gasteiger partial charge >= 0.3 is 5.97 Å². The molecule has 0 amide bonds. The van der Waals surface area contributed by atoms with Crippen LogP contribution in [0.1, 0.15) is 21.5 Å². The molecule has 0 aliphatic rings. The van der Waals surface area contributed by atoms with Crippen LogP contribution in [0.25, 0.3) is 0 Å². The second kappa shape index (κ2) is 3.46. The van der Waals surface area contributed by atoms with Crippen molar-refractivity contribution in [2.75, 3.05) is 0 Å². The molecule has 0 atom stereocenters. The van der Waals surface area contributed by atoms with E-state index in [0.29, 0.717) is 5.56 Å². The van der Waals surface area contributed by atoms with Crippen molar-refractivity contribution < 1.29 is 9.90 Å². The number of halogens is 1. The molecule has 0 aliphatic carbocycles. The van der Waals surface area contributed by atoms with Crippen molar-refractivity contribution in [1.29, 1.82) is 5.26 Å². The van der Waals surface area contributed by atoms with Gasteiger partial charge in [0.15, 0.2) is 0 Å². The van der Waals surface area contributed by atoms with E-state index in [1.54, 1.807) is 13.0 Å². The summed E-state index contributed by atoms with van der Waals surface area (Å²) in [4.78, 5) is 10.6. The van der Waals surface area contributed by atoms with Gasteiger partial charge in [-0.2, -0.15) is 5.26 Å². The number of benzene rings is 1. The maximum absolute atomic E-state index is 10.6. The molecule has 0 saturated heterocycles. The van der Waals surface area contributed by atoms with E-state index in [2.05, 4.69) is 0 Å². The van der Waals surface area contributed by atoms with E-state index < -0.39 is 5.97 Å². The van der Waals surface area contributed by atoms with Crippen LogP contribution < -0.4 is 0 Å². The molecule has 13 heavy (non-hydrogen) atoms. The molecule has 1 aromatic rings. The van der Waals surface area contributed by atoms with Crippen LogP contribution in [0.2, 0.25) is 5.02 Å². The van der Waals surface area contributed by atoms with Crippen molar-refractivity contribution in [2.45, 2.75) is 6.92 Å². The maximum atomic E-state index is 10.6. The van der Waals surface area contributed by atoms with Crippen molar-refractivity contribution in [3.05, 3.63) is 33.8 Å². The Labute approximate surface area is 80.2 Å². The van der Waals surface area contributed by atoms with Crippen molar-refractivity contribution in [2.24, 2.45) is 0 Å². The number of carboxylic acid groups (broad SMARTS) is 1. The van der Waals surface area contributed by atoms with Gasteiger partial charge in [0, 0.05) is 0 Å². The molecular formula is C9H6ClNO2. The highest BCUT2D eigenvalue weighted by molar-refractivity contribution is 6.34. The van der Waals surface area contributed by atoms with Gasteiger partial charge in [0.2, 0.25) is 0 Å². The molecule has 0 unspecified atom stereocenters. The predicted molar refractivity (Wildman–Crippen MR) is 47.9 cm³/mol. The van der Waals surface area contributed by atoms with Crippen molar-refractivity contribution in [1.82, 2.24) is 0 Å². The molecule has 66 valence electrons. The Morgan fingerprint density at radius 2 is 2.23 bits per heavy atom. The minimum Gasteiger partial charge on any atom is -0.478 e. The van der Waals surface area contributed by atoms with Crippen LogP contribution in [0.5, 0.6) is 0 Å². The summed E-state index contributed by atoms with van der Waals surface area (Å²) in [5.74, 6) is -1.12. The topological polar surface area (TPSA) is 61.1 Å². The van der Waals surface area contributed by atoms with Crippen molar-refractivity contribution in [3.63, 3.8) is 0 Å². The zero-order valence-corrected chi connectivity index (χ0v) is 7.59. The summed E-state index contributed by atoms with van der Waals surface area (Å²) in [6.07, 6.45) is 0. The number of nitriles is 1. The first-order valence-electron chi connectivity index (χ1n) is 3.50. The Kier molecular flexibility index (Phi) is 2.54. The molecule has 1 rings (SSSR count). The van der Waals surface area contributed by atoms with Crippen LogP contribution >= 0.6 is 11.6 Å². The molecule has 0 aromatic heterocycles. The Balaban J connectivity index is 3.47. The molecule has 3 nitrogen and oxygen atoms in total. The normalized spacial score (nSPS) is 9.31. The Morgan fingerprint density at radius 1 is 1.62 bits per heavy atom. The quantitative estimate of drug-likeness (QED) is 0.748. The fourth-order valence-corrected chi connectivity index (χ4v) is 1.24. The lowest BCUT2D eigenvalue weighted by Crippen LogP contribution is -1.99. The van der Waals surface area contributed by atoms with Gasteiger partial charge in [-0.25, -0.2) is 4.79 Å². The highest BCUT2D eigenvalue weighted by Crippen LogP contribution is 2.22. The minimum atomic E-state index is -1.12. The molecule has 0 aliphatic heterocycles. The number of aryl methyl sites for hydroxylation is 1. The summed E-state index contributed by atoms with van der Waals surface area (Å²) in [7, 11) is 0. The summed E-state index contributed by atoms with van der Waals surface area (Å²) in [6.45, 7) is 1.71. The van der Waals surface area contributed by atoms with Gasteiger partial charge in [-0.1, -0.05) is 11.6 Å². The molecule has 0 spiro atoms. The lowest BCUT2D eigenvalue weighted by molar-refractivity contribution is 0.0697. The number of aromatic carboxylic acids is 1. The van der Waals surface area contributed by atoms with Crippen LogP contribution in [-0.2, 0) is 0 Å². The lowest BCUT2D eigenvalue weighted by atomic mass is 10.1. The largest absolute Gasteiger partial charge is 0.478 e. The molecule has 0 radical (unpaired) electrons. The lowest BCUT2D eigenvalue weighted by Gasteiger charge is -2.02. The summed E-state index contributed by atoms with van der Waals surface area (Å²) in [6, 6.07) is 4.82. The predicted octanol–water partition coefficient (Wildman–Crippen LogP) is 2.22. The first-order chi connectivity index (χ1) is 6.06. The van der Waals surface area contributed by atoms with Crippen LogP contribution in [-0.4, -0.2) is 11.1 Å². The highest BCUT2D eigenvalue weighted by atomic mass is 35.5. The smallest absolute Gasteiger partial charge is 0.337 e. The zero-order valence-electron chi connectivity index (χ0n) is 6.84. The van der Waals surface area contributed by atoms with Crippen LogP contribution in [0.4, 0.5) is 0 Å². The van der Waals surface area contributed by atoms with E-state index in [1.165, 1.54) is 6.07 Å². The van der Waals surface area contributed by atoms with E-state index in [4.69, 9.17) is 22.0 Å². The third-order valence-electron chi connectivity index (χ3n) is 1.57. The average molecular weight is 196 g/mol. The zero-order chi connectivity index (χ0) is 10.0. The second-order valence-electron chi connectivity index (χ2n) is 2.59. The molecule has 4 heteroatoms. The third-order valence-corrected chi connectivity index (χ3v) is 1.98. The Hall–Kier alpha value is -1.53. The summed E-state index contributed by atoms with van der Waals surface area (Å²) in [5.41, 5.74) is 0.871. The van der Waals surface area contributed by atoms with E-state index >= 15 is 0 Å². The first kappa shape index (κ1) is 9.56. The number of carbonyl (C=O) groups is 1. The van der Waals surface area contributed by atoms with Crippen molar-refractivity contribution in [3.8, 4) is 6.07 Å². The molecular weight excluding hydrogens is 190 g/mol. The van der Waals surface area contributed by atoms with Crippen LogP contribution in [0.3, 0.4) is 0 Å². The van der Waals surface area contributed by atoms with E-state index in [9.17, 15) is 4.79 Å². The molecule has 1 N–H and O–H groups in total. The average Bonchev–Trinajstić information content (AvgIpc) is 2.08. The number of hydrogen-bond acceptors (Lipinski definition) is 2. The fourth-order valence-electron chi connectivity index (χ4n) is 1.01. The van der Waals surface area contributed by atoms with Gasteiger partial charge in [0.1, 0.15) is 6.07 Å². The molecule has 0 heterocycles. The monoisotopic (exact) mass is 195 g/mol. The summed E-state index contributed by atoms with van der Waals surface area (Å²) < 4.78 is 0. The number of carboxylic acids is 1. The Bertz CT molecular complexity index is 407. The third kappa shape index (κ3) is 1.79. The number of hydrogen-bond donors (Lipinski definition) is 1. The Morgan fingerprint density at radius 3 is 2.69 bits per heavy atom. The van der Waals surface area contributed by atoms with Gasteiger partial charge in [-0.3, -0.25) is 0 Å². The van der Waals surface area contributed by atoms with Crippen LogP contribution in [0, 0.1) is 18.3 Å². The molecule has 1 aromatic carbocycles. The van der Waals surface area contributed by atoms with E-state index in [1.807, 2.05) is 6.07 Å². The summed E-state index contributed by atoms with van der Waals surface area (Å²) in [5, 5.41) is 17.3. The van der Waals surface area contributed by atoms with Crippen LogP contribution in [0.15, 0.2) is 12.1 Å². The van der Waals surface area contributed by atoms with Gasteiger partial charge in [0.05, 0.1) is 16.1 Å². The fraction of sp³-hybridized carbons (Fsp3) is 0.111. The molecule has 0 bridgehead atoms. The highest BCUT2D eigenvalue weighted by Gasteiger charge is 2.12. The second-order valence-corrected chi connectivity index (χ2v) is 2.97. The van der Waals surface area contributed by atoms with E-state index in [-0.39, 0.29) is 16.1 Å². The minimum absolute atomic E-state index is 0.000556. The molecule has 0 fully saturated rings. The van der Waals surface area contributed by atoms with Gasteiger partial charge in [0.25, 0.3) is 0 Å². The standard InChI is InChI=1S/C9H6ClNO2/c1-5-2-6(4-11)8(10)7(3-5)9(12)13/h2-3H,1H3,(H,12,13). The van der Waals surface area contributed by atoms with Gasteiger partial charge in [-0.05, 0) is 24.6 Å². The van der Waals surface area contributed by atoms with Gasteiger partial charge < -0.3 is 5.11 Å². The maximum Gasteiger partial charge on any atom is 0.337 e.